The summed E-state index contributed by atoms with van der Waals surface area (Å²) in [6.45, 7) is 6.33. The van der Waals surface area contributed by atoms with Crippen molar-refractivity contribution in [2.45, 2.75) is 56.7 Å². The lowest BCUT2D eigenvalue weighted by atomic mass is 10.00. The summed E-state index contributed by atoms with van der Waals surface area (Å²) in [4.78, 5) is 22.3. The predicted molar refractivity (Wildman–Crippen MR) is 96.4 cm³/mol. The Balaban J connectivity index is 1.85. The molecule has 5 nitrogen and oxygen atoms in total. The Morgan fingerprint density at radius 3 is 2.62 bits per heavy atom. The van der Waals surface area contributed by atoms with Crippen LogP contribution in [0.1, 0.15) is 50.6 Å². The van der Waals surface area contributed by atoms with Crippen LogP contribution < -0.4 is 0 Å². The highest BCUT2D eigenvalue weighted by molar-refractivity contribution is 7.98. The maximum Gasteiger partial charge on any atom is 0.410 e. The van der Waals surface area contributed by atoms with Crippen LogP contribution in [0.25, 0.3) is 5.57 Å². The fourth-order valence-corrected chi connectivity index (χ4v) is 3.50. The Morgan fingerprint density at radius 1 is 1.31 bits per heavy atom. The molecule has 0 unspecified atom stereocenters. The molecule has 0 fully saturated rings. The van der Waals surface area contributed by atoms with Gasteiger partial charge in [0.1, 0.15) is 11.3 Å². The number of aromatic nitrogens is 2. The van der Waals surface area contributed by atoms with E-state index in [-0.39, 0.29) is 24.6 Å². The van der Waals surface area contributed by atoms with E-state index in [1.165, 1.54) is 11.8 Å². The molecule has 1 aliphatic carbocycles. The van der Waals surface area contributed by atoms with Crippen molar-refractivity contribution in [3.05, 3.63) is 23.0 Å². The van der Waals surface area contributed by atoms with Gasteiger partial charge in [-0.05, 0) is 45.4 Å². The van der Waals surface area contributed by atoms with Crippen LogP contribution in [-0.2, 0) is 17.1 Å². The van der Waals surface area contributed by atoms with Crippen LogP contribution in [0, 0.1) is 0 Å². The topological polar surface area (TPSA) is 55.3 Å². The fraction of sp³-hybridized carbons (Fsp3) is 0.611. The summed E-state index contributed by atoms with van der Waals surface area (Å²) in [5.41, 5.74) is 1.37. The van der Waals surface area contributed by atoms with Crippen LogP contribution in [0.3, 0.4) is 0 Å². The Morgan fingerprint density at radius 2 is 2.04 bits per heavy atom. The van der Waals surface area contributed by atoms with Gasteiger partial charge in [-0.25, -0.2) is 14.8 Å². The normalized spacial score (nSPS) is 19.2. The van der Waals surface area contributed by atoms with E-state index < -0.39 is 11.5 Å². The zero-order chi connectivity index (χ0) is 19.1. The van der Waals surface area contributed by atoms with Gasteiger partial charge in [0.25, 0.3) is 5.92 Å². The number of alkyl halides is 2. The van der Waals surface area contributed by atoms with Crippen LogP contribution in [-0.4, -0.2) is 45.9 Å². The molecule has 1 aliphatic heterocycles. The molecule has 1 aromatic heterocycles. The molecule has 2 aliphatic rings. The summed E-state index contributed by atoms with van der Waals surface area (Å²) in [6, 6.07) is 0. The first kappa shape index (κ1) is 19.1. The van der Waals surface area contributed by atoms with Crippen molar-refractivity contribution in [3.8, 4) is 0 Å². The van der Waals surface area contributed by atoms with Gasteiger partial charge >= 0.3 is 6.09 Å². The first-order valence-electron chi connectivity index (χ1n) is 8.61. The number of fused-ring (bicyclic) bond motifs is 1. The van der Waals surface area contributed by atoms with Gasteiger partial charge in [0.15, 0.2) is 5.16 Å². The van der Waals surface area contributed by atoms with Crippen molar-refractivity contribution >= 4 is 23.4 Å². The number of hydrogen-bond donors (Lipinski definition) is 0. The largest absolute Gasteiger partial charge is 0.444 e. The molecule has 0 aromatic carbocycles. The number of amides is 1. The Labute approximate surface area is 156 Å². The van der Waals surface area contributed by atoms with Gasteiger partial charge in [-0.3, -0.25) is 0 Å². The van der Waals surface area contributed by atoms with Crippen molar-refractivity contribution in [2.24, 2.45) is 0 Å². The van der Waals surface area contributed by atoms with E-state index in [2.05, 4.69) is 9.97 Å². The molecule has 0 radical (unpaired) electrons. The van der Waals surface area contributed by atoms with Gasteiger partial charge in [-0.1, -0.05) is 17.8 Å². The lowest BCUT2D eigenvalue weighted by molar-refractivity contribution is -0.00653. The molecular formula is C18H23F2N3O2S. The molecule has 1 aromatic rings. The average Bonchev–Trinajstić information content (AvgIpc) is 2.88. The summed E-state index contributed by atoms with van der Waals surface area (Å²) in [5, 5.41) is 0.357. The van der Waals surface area contributed by atoms with Crippen LogP contribution in [0.2, 0.25) is 0 Å². The Bertz CT molecular complexity index is 760. The zero-order valence-electron chi connectivity index (χ0n) is 15.4. The quantitative estimate of drug-likeness (QED) is 0.564. The summed E-state index contributed by atoms with van der Waals surface area (Å²) in [6.07, 6.45) is 3.91. The smallest absolute Gasteiger partial charge is 0.410 e. The van der Waals surface area contributed by atoms with Crippen LogP contribution >= 0.6 is 11.8 Å². The lowest BCUT2D eigenvalue weighted by Gasteiger charge is -2.29. The minimum atomic E-state index is -2.89. The molecular weight excluding hydrogens is 360 g/mol. The van der Waals surface area contributed by atoms with Crippen LogP contribution in [0.5, 0.6) is 0 Å². The van der Waals surface area contributed by atoms with Gasteiger partial charge in [-0.15, -0.1) is 0 Å². The Kier molecular flexibility index (Phi) is 4.98. The highest BCUT2D eigenvalue weighted by atomic mass is 32.2. The third kappa shape index (κ3) is 3.84. The molecule has 0 N–H and O–H groups in total. The molecule has 0 bridgehead atoms. The summed E-state index contributed by atoms with van der Waals surface area (Å²) < 4.78 is 33.7. The van der Waals surface area contributed by atoms with Gasteiger partial charge in [0.2, 0.25) is 0 Å². The fourth-order valence-electron chi connectivity index (χ4n) is 3.14. The van der Waals surface area contributed by atoms with E-state index in [0.29, 0.717) is 35.9 Å². The van der Waals surface area contributed by atoms with Gasteiger partial charge in [0.05, 0.1) is 5.69 Å². The first-order chi connectivity index (χ1) is 12.1. The monoisotopic (exact) mass is 383 g/mol. The molecule has 0 spiro atoms. The van der Waals surface area contributed by atoms with Crippen molar-refractivity contribution in [3.63, 3.8) is 0 Å². The number of halogens is 2. The third-order valence-electron chi connectivity index (χ3n) is 4.37. The average molecular weight is 383 g/mol. The highest BCUT2D eigenvalue weighted by Gasteiger charge is 2.43. The highest BCUT2D eigenvalue weighted by Crippen LogP contribution is 2.43. The van der Waals surface area contributed by atoms with Crippen LogP contribution in [0.15, 0.2) is 11.2 Å². The van der Waals surface area contributed by atoms with Gasteiger partial charge in [0, 0.05) is 25.1 Å². The van der Waals surface area contributed by atoms with E-state index in [0.717, 1.165) is 5.57 Å². The molecule has 0 atom stereocenters. The molecule has 8 heteroatoms. The Hall–Kier alpha value is -1.70. The number of rotatable bonds is 2. The van der Waals surface area contributed by atoms with E-state index in [1.807, 2.05) is 26.8 Å². The summed E-state index contributed by atoms with van der Waals surface area (Å²) in [5.74, 6) is -2.89. The number of carbonyl (C=O) groups is 1. The molecule has 1 amide bonds. The first-order valence-corrected chi connectivity index (χ1v) is 9.84. The summed E-state index contributed by atoms with van der Waals surface area (Å²) >= 11 is 1.26. The molecule has 2 heterocycles. The van der Waals surface area contributed by atoms with E-state index >= 15 is 0 Å². The lowest BCUT2D eigenvalue weighted by Crippen LogP contribution is -2.39. The van der Waals surface area contributed by atoms with Crippen molar-refractivity contribution in [1.82, 2.24) is 14.9 Å². The van der Waals surface area contributed by atoms with Crippen molar-refractivity contribution < 1.29 is 18.3 Å². The van der Waals surface area contributed by atoms with Gasteiger partial charge < -0.3 is 9.64 Å². The zero-order valence-corrected chi connectivity index (χ0v) is 16.3. The van der Waals surface area contributed by atoms with Crippen molar-refractivity contribution in [1.29, 1.82) is 0 Å². The van der Waals surface area contributed by atoms with E-state index in [9.17, 15) is 13.6 Å². The summed E-state index contributed by atoms with van der Waals surface area (Å²) in [7, 11) is 0. The minimum absolute atomic E-state index is 0.137. The van der Waals surface area contributed by atoms with Gasteiger partial charge in [-0.2, -0.15) is 8.78 Å². The second kappa shape index (κ2) is 6.79. The number of nitrogens with zero attached hydrogens (tertiary/aromatic N) is 3. The number of hydrogen-bond acceptors (Lipinski definition) is 5. The predicted octanol–water partition coefficient (Wildman–Crippen LogP) is 4.26. The van der Waals surface area contributed by atoms with Crippen LogP contribution in [0.4, 0.5) is 13.6 Å². The van der Waals surface area contributed by atoms with Crippen molar-refractivity contribution in [2.75, 3.05) is 19.3 Å². The second-order valence-electron chi connectivity index (χ2n) is 7.50. The molecule has 26 heavy (non-hydrogen) atoms. The molecule has 0 saturated heterocycles. The van der Waals surface area contributed by atoms with E-state index in [4.69, 9.17) is 4.74 Å². The molecule has 142 valence electrons. The number of carbonyl (C=O) groups excluding carboxylic acids is 1. The number of thioether (sulfide) groups is 1. The number of ether oxygens (including phenoxy) is 1. The second-order valence-corrected chi connectivity index (χ2v) is 8.27. The third-order valence-corrected chi connectivity index (χ3v) is 4.92. The minimum Gasteiger partial charge on any atom is -0.444 e. The maximum atomic E-state index is 14.1. The molecule has 0 saturated carbocycles. The standard InChI is InChI=1S/C18H23F2N3O2S/c1-17(2,3)25-16(24)23-9-6-11(7-10-23)13-12-5-8-18(19,20)14(12)22-15(21-13)26-4/h6H,5,7-10H2,1-4H3. The molecule has 3 rings (SSSR count). The SMILES string of the molecule is CSc1nc(C2=CCN(C(=O)OC(C)(C)C)CC2)c2c(n1)C(F)(F)CC2. The van der Waals surface area contributed by atoms with E-state index in [1.54, 1.807) is 11.2 Å². The maximum absolute atomic E-state index is 14.1.